The molecular formula is C16H16ClN3O5S. The minimum Gasteiger partial charge on any atom is -0.348 e. The average Bonchev–Trinajstić information content (AvgIpc) is 2.60. The van der Waals surface area contributed by atoms with Crippen LogP contribution in [0, 0.1) is 10.1 Å². The van der Waals surface area contributed by atoms with Gasteiger partial charge in [-0.25, -0.2) is 13.1 Å². The maximum absolute atomic E-state index is 12.2. The van der Waals surface area contributed by atoms with E-state index < -0.39 is 20.9 Å². The fourth-order valence-electron chi connectivity index (χ4n) is 2.17. The van der Waals surface area contributed by atoms with Crippen LogP contribution in [0.15, 0.2) is 42.5 Å². The molecule has 2 aromatic rings. The van der Waals surface area contributed by atoms with Crippen LogP contribution >= 0.6 is 11.6 Å². The standard InChI is InChI=1S/C16H16ClN3O5S/c1-18-26(24,25)10-12-4-2-11(3-5-12)9-19-16(21)14-8-13(17)6-7-15(14)20(22)23/h2-8,18H,9-10H2,1H3,(H,19,21). The van der Waals surface area contributed by atoms with Crippen molar-refractivity contribution in [2.45, 2.75) is 12.3 Å². The van der Waals surface area contributed by atoms with Gasteiger partial charge in [-0.05, 0) is 30.3 Å². The van der Waals surface area contributed by atoms with Crippen molar-refractivity contribution in [3.8, 4) is 0 Å². The van der Waals surface area contributed by atoms with Crippen LogP contribution in [0.2, 0.25) is 5.02 Å². The minimum atomic E-state index is -3.36. The Balaban J connectivity index is 2.06. The van der Waals surface area contributed by atoms with Gasteiger partial charge in [0.2, 0.25) is 10.0 Å². The first-order chi connectivity index (χ1) is 12.2. The van der Waals surface area contributed by atoms with Crippen LogP contribution in [0.1, 0.15) is 21.5 Å². The first-order valence-corrected chi connectivity index (χ1v) is 9.46. The average molecular weight is 398 g/mol. The second-order valence-corrected chi connectivity index (χ2v) is 7.74. The Hall–Kier alpha value is -2.49. The topological polar surface area (TPSA) is 118 Å². The number of benzene rings is 2. The third-order valence-corrected chi connectivity index (χ3v) is 5.11. The van der Waals surface area contributed by atoms with Gasteiger partial charge in [-0.1, -0.05) is 35.9 Å². The molecule has 0 bridgehead atoms. The minimum absolute atomic E-state index is 0.126. The van der Waals surface area contributed by atoms with Crippen LogP contribution in [0.4, 0.5) is 5.69 Å². The molecule has 138 valence electrons. The Morgan fingerprint density at radius 2 is 1.77 bits per heavy atom. The Morgan fingerprint density at radius 3 is 2.35 bits per heavy atom. The fraction of sp³-hybridized carbons (Fsp3) is 0.188. The van der Waals surface area contributed by atoms with E-state index in [-0.39, 0.29) is 28.6 Å². The first kappa shape index (κ1) is 19.8. The van der Waals surface area contributed by atoms with Gasteiger partial charge in [-0.3, -0.25) is 14.9 Å². The van der Waals surface area contributed by atoms with Gasteiger partial charge in [0.1, 0.15) is 5.56 Å². The highest BCUT2D eigenvalue weighted by molar-refractivity contribution is 7.88. The second-order valence-electron chi connectivity index (χ2n) is 5.38. The molecule has 0 fully saturated rings. The molecule has 2 N–H and O–H groups in total. The highest BCUT2D eigenvalue weighted by atomic mass is 35.5. The summed E-state index contributed by atoms with van der Waals surface area (Å²) in [7, 11) is -2.02. The van der Waals surface area contributed by atoms with Crippen LogP contribution in [-0.2, 0) is 22.3 Å². The summed E-state index contributed by atoms with van der Waals surface area (Å²) in [6, 6.07) is 10.4. The summed E-state index contributed by atoms with van der Waals surface area (Å²) in [5.74, 6) is -0.772. The highest BCUT2D eigenvalue weighted by Crippen LogP contribution is 2.22. The Bertz CT molecular complexity index is 929. The van der Waals surface area contributed by atoms with E-state index in [1.807, 2.05) is 0 Å². The van der Waals surface area contributed by atoms with Crippen molar-refractivity contribution in [2.24, 2.45) is 0 Å². The molecule has 0 aliphatic carbocycles. The molecular weight excluding hydrogens is 382 g/mol. The molecule has 0 aliphatic rings. The van der Waals surface area contributed by atoms with Crippen molar-refractivity contribution >= 4 is 33.2 Å². The summed E-state index contributed by atoms with van der Waals surface area (Å²) in [4.78, 5) is 22.6. The van der Waals surface area contributed by atoms with Gasteiger partial charge in [0.25, 0.3) is 11.6 Å². The summed E-state index contributed by atoms with van der Waals surface area (Å²) >= 11 is 5.81. The monoisotopic (exact) mass is 397 g/mol. The number of nitrogens with one attached hydrogen (secondary N) is 2. The predicted molar refractivity (Wildman–Crippen MR) is 97.4 cm³/mol. The van der Waals surface area contributed by atoms with E-state index in [1.54, 1.807) is 24.3 Å². The summed E-state index contributed by atoms with van der Waals surface area (Å²) in [5.41, 5.74) is 0.854. The molecule has 26 heavy (non-hydrogen) atoms. The van der Waals surface area contributed by atoms with E-state index in [0.717, 1.165) is 0 Å². The number of hydrogen-bond acceptors (Lipinski definition) is 5. The molecule has 0 unspecified atom stereocenters. The van der Waals surface area contributed by atoms with E-state index in [1.165, 1.54) is 25.2 Å². The maximum Gasteiger partial charge on any atom is 0.282 e. The molecule has 0 saturated carbocycles. The molecule has 2 rings (SSSR count). The number of rotatable bonds is 7. The van der Waals surface area contributed by atoms with Crippen molar-refractivity contribution in [2.75, 3.05) is 7.05 Å². The molecule has 0 aliphatic heterocycles. The maximum atomic E-state index is 12.2. The van der Waals surface area contributed by atoms with E-state index >= 15 is 0 Å². The van der Waals surface area contributed by atoms with Crippen LogP contribution in [0.25, 0.3) is 0 Å². The number of nitro groups is 1. The Labute approximate surface area is 155 Å². The zero-order chi connectivity index (χ0) is 19.3. The van der Waals surface area contributed by atoms with Gasteiger partial charge in [-0.15, -0.1) is 0 Å². The van der Waals surface area contributed by atoms with Crippen LogP contribution in [0.3, 0.4) is 0 Å². The number of nitro benzene ring substituents is 1. The van der Waals surface area contributed by atoms with Gasteiger partial charge in [0.05, 0.1) is 10.7 Å². The highest BCUT2D eigenvalue weighted by Gasteiger charge is 2.20. The molecule has 0 saturated heterocycles. The third kappa shape index (κ3) is 5.25. The Morgan fingerprint density at radius 1 is 1.15 bits per heavy atom. The summed E-state index contributed by atoms with van der Waals surface area (Å²) < 4.78 is 25.2. The molecule has 0 radical (unpaired) electrons. The Kier molecular flexibility index (Phi) is 6.30. The molecule has 0 heterocycles. The second kappa shape index (κ2) is 8.26. The smallest absolute Gasteiger partial charge is 0.282 e. The van der Waals surface area contributed by atoms with Gasteiger partial charge < -0.3 is 5.32 Å². The van der Waals surface area contributed by atoms with Crippen LogP contribution in [-0.4, -0.2) is 26.3 Å². The number of hydrogen-bond donors (Lipinski definition) is 2. The first-order valence-electron chi connectivity index (χ1n) is 7.43. The number of sulfonamides is 1. The van der Waals surface area contributed by atoms with E-state index in [9.17, 15) is 23.3 Å². The van der Waals surface area contributed by atoms with Crippen molar-refractivity contribution in [1.29, 1.82) is 0 Å². The fourth-order valence-corrected chi connectivity index (χ4v) is 3.12. The zero-order valence-corrected chi connectivity index (χ0v) is 15.3. The summed E-state index contributed by atoms with van der Waals surface area (Å²) in [6.45, 7) is 0.127. The lowest BCUT2D eigenvalue weighted by Gasteiger charge is -2.08. The number of amides is 1. The quantitative estimate of drug-likeness (QED) is 0.548. The predicted octanol–water partition coefficient (Wildman–Crippen LogP) is 2.23. The third-order valence-electron chi connectivity index (χ3n) is 3.54. The van der Waals surface area contributed by atoms with E-state index in [0.29, 0.717) is 11.1 Å². The SMILES string of the molecule is CNS(=O)(=O)Cc1ccc(CNC(=O)c2cc(Cl)ccc2[N+](=O)[O-])cc1. The molecule has 1 amide bonds. The molecule has 2 aromatic carbocycles. The molecule has 8 nitrogen and oxygen atoms in total. The van der Waals surface area contributed by atoms with E-state index in [2.05, 4.69) is 10.0 Å². The van der Waals surface area contributed by atoms with Crippen LogP contribution < -0.4 is 10.0 Å². The van der Waals surface area contributed by atoms with E-state index in [4.69, 9.17) is 11.6 Å². The molecule has 0 spiro atoms. The number of carbonyl (C=O) groups excluding carboxylic acids is 1. The number of nitrogens with zero attached hydrogens (tertiary/aromatic N) is 1. The van der Waals surface area contributed by atoms with Crippen molar-refractivity contribution < 1.29 is 18.1 Å². The number of halogens is 1. The van der Waals surface area contributed by atoms with Gasteiger partial charge in [0.15, 0.2) is 0 Å². The van der Waals surface area contributed by atoms with Gasteiger partial charge >= 0.3 is 0 Å². The molecule has 10 heteroatoms. The van der Waals surface area contributed by atoms with Gasteiger partial charge in [-0.2, -0.15) is 0 Å². The normalized spacial score (nSPS) is 11.2. The van der Waals surface area contributed by atoms with Crippen molar-refractivity contribution in [3.63, 3.8) is 0 Å². The van der Waals surface area contributed by atoms with Crippen molar-refractivity contribution in [3.05, 3.63) is 74.3 Å². The summed E-state index contributed by atoms with van der Waals surface area (Å²) in [6.07, 6.45) is 0. The molecule has 0 atom stereocenters. The summed E-state index contributed by atoms with van der Waals surface area (Å²) in [5, 5.41) is 13.8. The lowest BCUT2D eigenvalue weighted by molar-refractivity contribution is -0.385. The van der Waals surface area contributed by atoms with Gasteiger partial charge in [0, 0.05) is 17.6 Å². The number of carbonyl (C=O) groups is 1. The lowest BCUT2D eigenvalue weighted by Crippen LogP contribution is -2.23. The lowest BCUT2D eigenvalue weighted by atomic mass is 10.1. The zero-order valence-electron chi connectivity index (χ0n) is 13.7. The van der Waals surface area contributed by atoms with Crippen LogP contribution in [0.5, 0.6) is 0 Å². The van der Waals surface area contributed by atoms with Crippen molar-refractivity contribution in [1.82, 2.24) is 10.0 Å². The largest absolute Gasteiger partial charge is 0.348 e. The molecule has 0 aromatic heterocycles.